The zero-order valence-corrected chi connectivity index (χ0v) is 11.9. The van der Waals surface area contributed by atoms with Gasteiger partial charge in [0.25, 0.3) is 0 Å². The van der Waals surface area contributed by atoms with Gasteiger partial charge in [-0.25, -0.2) is 0 Å². The van der Waals surface area contributed by atoms with E-state index in [-0.39, 0.29) is 6.04 Å². The number of hydrogen-bond acceptors (Lipinski definition) is 3. The van der Waals surface area contributed by atoms with Crippen molar-refractivity contribution in [1.29, 1.82) is 0 Å². The van der Waals surface area contributed by atoms with Crippen LogP contribution in [0.15, 0.2) is 42.6 Å². The summed E-state index contributed by atoms with van der Waals surface area (Å²) in [5, 5.41) is 4.40. The molecule has 4 heteroatoms. The molecular weight excluding hydrogens is 248 g/mol. The third-order valence-electron chi connectivity index (χ3n) is 4.18. The number of aromatic nitrogens is 2. The van der Waals surface area contributed by atoms with Crippen LogP contribution in [0.1, 0.15) is 43.0 Å². The molecule has 1 aliphatic carbocycles. The first-order chi connectivity index (χ1) is 9.85. The summed E-state index contributed by atoms with van der Waals surface area (Å²) in [5.74, 6) is 7.00. The minimum absolute atomic E-state index is 0.189. The van der Waals surface area contributed by atoms with E-state index in [0.717, 1.165) is 13.0 Å². The predicted molar refractivity (Wildman–Crippen MR) is 79.9 cm³/mol. The fourth-order valence-electron chi connectivity index (χ4n) is 3.10. The van der Waals surface area contributed by atoms with Gasteiger partial charge >= 0.3 is 0 Å². The molecule has 2 aromatic rings. The van der Waals surface area contributed by atoms with Crippen LogP contribution in [0.25, 0.3) is 0 Å². The number of hydrogen-bond donors (Lipinski definition) is 2. The van der Waals surface area contributed by atoms with Crippen LogP contribution in [-0.4, -0.2) is 9.78 Å². The minimum atomic E-state index is 0.189. The second-order valence-corrected chi connectivity index (χ2v) is 5.54. The number of nitrogens with two attached hydrogens (primary N) is 1. The first kappa shape index (κ1) is 13.3. The molecule has 0 radical (unpaired) electrons. The molecule has 3 unspecified atom stereocenters. The molecule has 1 saturated carbocycles. The normalized spacial score (nSPS) is 22.7. The highest BCUT2D eigenvalue weighted by Gasteiger charge is 2.44. The van der Waals surface area contributed by atoms with E-state index in [1.165, 1.54) is 17.7 Å². The number of rotatable bonds is 6. The van der Waals surface area contributed by atoms with Crippen molar-refractivity contribution in [2.75, 3.05) is 0 Å². The van der Waals surface area contributed by atoms with Gasteiger partial charge in [-0.1, -0.05) is 37.3 Å². The van der Waals surface area contributed by atoms with E-state index in [9.17, 15) is 0 Å². The highest BCUT2D eigenvalue weighted by molar-refractivity contribution is 5.28. The zero-order valence-electron chi connectivity index (χ0n) is 11.9. The molecule has 4 nitrogen and oxygen atoms in total. The van der Waals surface area contributed by atoms with Crippen molar-refractivity contribution in [1.82, 2.24) is 15.2 Å². The fraction of sp³-hybridized carbons (Fsp3) is 0.438. The molecule has 3 rings (SSSR count). The molecule has 3 N–H and O–H groups in total. The number of benzene rings is 1. The minimum Gasteiger partial charge on any atom is -0.271 e. The van der Waals surface area contributed by atoms with Gasteiger partial charge in [-0.2, -0.15) is 5.10 Å². The van der Waals surface area contributed by atoms with Crippen LogP contribution < -0.4 is 11.3 Å². The lowest BCUT2D eigenvalue weighted by molar-refractivity contribution is 0.436. The van der Waals surface area contributed by atoms with Gasteiger partial charge in [0, 0.05) is 12.7 Å². The molecule has 1 fully saturated rings. The molecule has 106 valence electrons. The summed E-state index contributed by atoms with van der Waals surface area (Å²) in [6, 6.07) is 13.0. The first-order valence-electron chi connectivity index (χ1n) is 7.38. The Morgan fingerprint density at radius 1 is 1.35 bits per heavy atom. The summed E-state index contributed by atoms with van der Waals surface area (Å²) in [5.41, 5.74) is 5.63. The predicted octanol–water partition coefficient (Wildman–Crippen LogP) is 2.60. The summed E-state index contributed by atoms with van der Waals surface area (Å²) in [4.78, 5) is 0. The van der Waals surface area contributed by atoms with Crippen LogP contribution in [0.4, 0.5) is 0 Å². The monoisotopic (exact) mass is 270 g/mol. The van der Waals surface area contributed by atoms with Crippen molar-refractivity contribution >= 4 is 0 Å². The average Bonchev–Trinajstić information content (AvgIpc) is 3.14. The topological polar surface area (TPSA) is 55.9 Å². The van der Waals surface area contributed by atoms with Gasteiger partial charge in [-0.3, -0.25) is 16.0 Å². The second-order valence-electron chi connectivity index (χ2n) is 5.54. The summed E-state index contributed by atoms with van der Waals surface area (Å²) >= 11 is 0. The Labute approximate surface area is 120 Å². The largest absolute Gasteiger partial charge is 0.271 e. The molecule has 1 aromatic carbocycles. The van der Waals surface area contributed by atoms with E-state index in [1.807, 2.05) is 6.20 Å². The lowest BCUT2D eigenvalue weighted by Crippen LogP contribution is -2.31. The van der Waals surface area contributed by atoms with E-state index in [4.69, 9.17) is 5.84 Å². The molecule has 0 saturated heterocycles. The third-order valence-corrected chi connectivity index (χ3v) is 4.18. The molecule has 0 amide bonds. The second kappa shape index (κ2) is 5.77. The van der Waals surface area contributed by atoms with Gasteiger partial charge in [0.05, 0.1) is 11.7 Å². The quantitative estimate of drug-likeness (QED) is 0.626. The molecular formula is C16H22N4. The summed E-state index contributed by atoms with van der Waals surface area (Å²) in [6.07, 6.45) is 4.14. The van der Waals surface area contributed by atoms with Crippen LogP contribution in [0.5, 0.6) is 0 Å². The maximum atomic E-state index is 5.82. The highest BCUT2D eigenvalue weighted by atomic mass is 15.3. The maximum Gasteiger partial charge on any atom is 0.0663 e. The van der Waals surface area contributed by atoms with Gasteiger partial charge < -0.3 is 0 Å². The van der Waals surface area contributed by atoms with E-state index in [1.54, 1.807) is 0 Å². The van der Waals surface area contributed by atoms with Crippen molar-refractivity contribution in [3.63, 3.8) is 0 Å². The van der Waals surface area contributed by atoms with Crippen molar-refractivity contribution < 1.29 is 0 Å². The van der Waals surface area contributed by atoms with Crippen molar-refractivity contribution in [3.8, 4) is 0 Å². The van der Waals surface area contributed by atoms with Crippen molar-refractivity contribution in [2.24, 2.45) is 11.8 Å². The van der Waals surface area contributed by atoms with Gasteiger partial charge in [0.2, 0.25) is 0 Å². The van der Waals surface area contributed by atoms with Crippen LogP contribution >= 0.6 is 0 Å². The van der Waals surface area contributed by atoms with Gasteiger partial charge in [0.1, 0.15) is 0 Å². The summed E-state index contributed by atoms with van der Waals surface area (Å²) in [7, 11) is 0. The molecule has 0 spiro atoms. The number of hydrazine groups is 1. The fourth-order valence-corrected chi connectivity index (χ4v) is 3.10. The Morgan fingerprint density at radius 2 is 2.15 bits per heavy atom. The van der Waals surface area contributed by atoms with Crippen molar-refractivity contribution in [3.05, 3.63) is 53.9 Å². The highest BCUT2D eigenvalue weighted by Crippen LogP contribution is 2.53. The smallest absolute Gasteiger partial charge is 0.0663 e. The Hall–Kier alpha value is -1.65. The Bertz CT molecular complexity index is 549. The molecule has 1 heterocycles. The summed E-state index contributed by atoms with van der Waals surface area (Å²) < 4.78 is 2.07. The molecule has 20 heavy (non-hydrogen) atoms. The Balaban J connectivity index is 1.77. The van der Waals surface area contributed by atoms with E-state index in [2.05, 4.69) is 58.5 Å². The Morgan fingerprint density at radius 3 is 2.85 bits per heavy atom. The van der Waals surface area contributed by atoms with E-state index < -0.39 is 0 Å². The molecule has 0 bridgehead atoms. The van der Waals surface area contributed by atoms with Crippen LogP contribution in [-0.2, 0) is 6.54 Å². The summed E-state index contributed by atoms with van der Waals surface area (Å²) in [6.45, 7) is 3.11. The first-order valence-corrected chi connectivity index (χ1v) is 7.38. The SMILES string of the molecule is CCCn1nccc1C(NN)C1CC1c1ccccc1. The number of nitrogens with zero attached hydrogens (tertiary/aromatic N) is 2. The number of nitrogens with one attached hydrogen (secondary N) is 1. The van der Waals surface area contributed by atoms with Gasteiger partial charge in [0.15, 0.2) is 0 Å². The number of aryl methyl sites for hydroxylation is 1. The van der Waals surface area contributed by atoms with Crippen LogP contribution in [0.2, 0.25) is 0 Å². The van der Waals surface area contributed by atoms with Crippen molar-refractivity contribution in [2.45, 2.75) is 38.3 Å². The third kappa shape index (κ3) is 2.49. The van der Waals surface area contributed by atoms with Crippen LogP contribution in [0, 0.1) is 5.92 Å². The molecule has 1 aliphatic rings. The molecule has 3 atom stereocenters. The van der Waals surface area contributed by atoms with E-state index >= 15 is 0 Å². The molecule has 1 aromatic heterocycles. The lowest BCUT2D eigenvalue weighted by Gasteiger charge is -2.18. The zero-order chi connectivity index (χ0) is 13.9. The standard InChI is InChI=1S/C16H22N4/c1-2-10-20-15(8-9-18-20)16(19-17)14-11-13(14)12-6-4-3-5-7-12/h3-9,13-14,16,19H,2,10-11,17H2,1H3. The average molecular weight is 270 g/mol. The maximum absolute atomic E-state index is 5.82. The molecule has 0 aliphatic heterocycles. The lowest BCUT2D eigenvalue weighted by atomic mass is 10.0. The van der Waals surface area contributed by atoms with Gasteiger partial charge in [-0.05, 0) is 36.3 Å². The Kier molecular flexibility index (Phi) is 3.85. The van der Waals surface area contributed by atoms with Gasteiger partial charge in [-0.15, -0.1) is 0 Å². The van der Waals surface area contributed by atoms with E-state index in [0.29, 0.717) is 11.8 Å². The van der Waals surface area contributed by atoms with Crippen LogP contribution in [0.3, 0.4) is 0 Å².